The molecule has 2 N–H and O–H groups in total. The summed E-state index contributed by atoms with van der Waals surface area (Å²) in [6.45, 7) is 8.03. The average Bonchev–Trinajstić information content (AvgIpc) is 2.28. The molecule has 0 aromatic rings. The van der Waals surface area contributed by atoms with Crippen LogP contribution < -0.4 is 5.73 Å². The molecule has 1 fully saturated rings. The van der Waals surface area contributed by atoms with Crippen molar-refractivity contribution in [2.24, 2.45) is 11.7 Å². The minimum atomic E-state index is 0.329. The predicted molar refractivity (Wildman–Crippen MR) is 57.7 cm³/mol. The van der Waals surface area contributed by atoms with Crippen molar-refractivity contribution in [2.45, 2.75) is 45.6 Å². The summed E-state index contributed by atoms with van der Waals surface area (Å²) in [6, 6.07) is 0.329. The molecule has 0 bridgehead atoms. The van der Waals surface area contributed by atoms with Crippen LogP contribution in [0.1, 0.15) is 39.5 Å². The Labute approximate surface area is 82.5 Å². The van der Waals surface area contributed by atoms with Gasteiger partial charge in [0.25, 0.3) is 0 Å². The van der Waals surface area contributed by atoms with E-state index in [9.17, 15) is 0 Å². The van der Waals surface area contributed by atoms with Gasteiger partial charge in [-0.2, -0.15) is 0 Å². The van der Waals surface area contributed by atoms with E-state index < -0.39 is 0 Å². The van der Waals surface area contributed by atoms with Crippen LogP contribution in [0.15, 0.2) is 0 Å². The highest BCUT2D eigenvalue weighted by Crippen LogP contribution is 2.18. The lowest BCUT2D eigenvalue weighted by atomic mass is 10.0. The summed E-state index contributed by atoms with van der Waals surface area (Å²) in [5.74, 6) is 0.918. The molecule has 2 nitrogen and oxygen atoms in total. The van der Waals surface area contributed by atoms with Gasteiger partial charge in [0.15, 0.2) is 0 Å². The van der Waals surface area contributed by atoms with Gasteiger partial charge in [0.05, 0.1) is 0 Å². The zero-order valence-electron chi connectivity index (χ0n) is 9.13. The monoisotopic (exact) mass is 184 g/mol. The van der Waals surface area contributed by atoms with E-state index in [2.05, 4.69) is 18.7 Å². The molecule has 78 valence electrons. The van der Waals surface area contributed by atoms with Gasteiger partial charge in [-0.05, 0) is 32.2 Å². The minimum Gasteiger partial charge on any atom is -0.327 e. The second-order valence-electron chi connectivity index (χ2n) is 4.51. The molecule has 0 radical (unpaired) electrons. The van der Waals surface area contributed by atoms with E-state index in [0.29, 0.717) is 6.04 Å². The number of likely N-dealkylation sites (tertiary alicyclic amines) is 1. The molecule has 2 atom stereocenters. The van der Waals surface area contributed by atoms with Gasteiger partial charge in [0, 0.05) is 19.1 Å². The first-order chi connectivity index (χ1) is 6.22. The maximum absolute atomic E-state index is 5.82. The molecule has 1 heterocycles. The zero-order valence-corrected chi connectivity index (χ0v) is 9.13. The standard InChI is InChI=1S/C11H24N2/c1-3-11-6-4-5-7-13(9-11)8-10(2)12/h10-11H,3-9,12H2,1-2H3/t10?,11-/m1/s1. The lowest BCUT2D eigenvalue weighted by Gasteiger charge is -2.25. The van der Waals surface area contributed by atoms with E-state index in [-0.39, 0.29) is 0 Å². The SMILES string of the molecule is CC[C@@H]1CCCCN(CC(C)N)C1. The van der Waals surface area contributed by atoms with Crippen LogP contribution in [0.25, 0.3) is 0 Å². The van der Waals surface area contributed by atoms with Crippen LogP contribution in [-0.2, 0) is 0 Å². The predicted octanol–water partition coefficient (Wildman–Crippen LogP) is 1.85. The molecule has 1 aliphatic rings. The molecule has 2 heteroatoms. The third-order valence-corrected chi connectivity index (χ3v) is 2.98. The minimum absolute atomic E-state index is 0.329. The van der Waals surface area contributed by atoms with Gasteiger partial charge in [-0.15, -0.1) is 0 Å². The van der Waals surface area contributed by atoms with Crippen molar-refractivity contribution in [3.8, 4) is 0 Å². The fourth-order valence-electron chi connectivity index (χ4n) is 2.22. The molecular formula is C11H24N2. The quantitative estimate of drug-likeness (QED) is 0.725. The maximum atomic E-state index is 5.82. The molecule has 0 spiro atoms. The van der Waals surface area contributed by atoms with Crippen molar-refractivity contribution in [3.63, 3.8) is 0 Å². The molecule has 1 unspecified atom stereocenters. The lowest BCUT2D eigenvalue weighted by Crippen LogP contribution is -2.37. The van der Waals surface area contributed by atoms with E-state index >= 15 is 0 Å². The smallest absolute Gasteiger partial charge is 0.0139 e. The first kappa shape index (κ1) is 11.0. The van der Waals surface area contributed by atoms with Crippen molar-refractivity contribution < 1.29 is 0 Å². The Morgan fingerprint density at radius 1 is 1.46 bits per heavy atom. The summed E-state index contributed by atoms with van der Waals surface area (Å²) in [5.41, 5.74) is 5.82. The van der Waals surface area contributed by atoms with Crippen LogP contribution in [0.4, 0.5) is 0 Å². The maximum Gasteiger partial charge on any atom is 0.0139 e. The van der Waals surface area contributed by atoms with Crippen LogP contribution in [0.5, 0.6) is 0 Å². The fraction of sp³-hybridized carbons (Fsp3) is 1.00. The molecule has 1 saturated heterocycles. The summed E-state index contributed by atoms with van der Waals surface area (Å²) >= 11 is 0. The normalized spacial score (nSPS) is 28.4. The van der Waals surface area contributed by atoms with Crippen molar-refractivity contribution in [1.82, 2.24) is 4.90 Å². The van der Waals surface area contributed by atoms with Crippen LogP contribution in [0.2, 0.25) is 0 Å². The summed E-state index contributed by atoms with van der Waals surface area (Å²) in [4.78, 5) is 2.55. The summed E-state index contributed by atoms with van der Waals surface area (Å²) in [7, 11) is 0. The number of hydrogen-bond donors (Lipinski definition) is 1. The Morgan fingerprint density at radius 3 is 2.85 bits per heavy atom. The third kappa shape index (κ3) is 4.10. The molecule has 0 aliphatic carbocycles. The van der Waals surface area contributed by atoms with E-state index in [1.54, 1.807) is 0 Å². The van der Waals surface area contributed by atoms with Gasteiger partial charge >= 0.3 is 0 Å². The Morgan fingerprint density at radius 2 is 2.23 bits per heavy atom. The van der Waals surface area contributed by atoms with Gasteiger partial charge in [0.2, 0.25) is 0 Å². The van der Waals surface area contributed by atoms with Crippen molar-refractivity contribution in [1.29, 1.82) is 0 Å². The lowest BCUT2D eigenvalue weighted by molar-refractivity contribution is 0.236. The summed E-state index contributed by atoms with van der Waals surface area (Å²) in [5, 5.41) is 0. The van der Waals surface area contributed by atoms with Crippen molar-refractivity contribution in [3.05, 3.63) is 0 Å². The van der Waals surface area contributed by atoms with E-state index in [0.717, 1.165) is 12.5 Å². The highest BCUT2D eigenvalue weighted by molar-refractivity contribution is 4.72. The first-order valence-corrected chi connectivity index (χ1v) is 5.70. The van der Waals surface area contributed by atoms with Crippen LogP contribution in [0.3, 0.4) is 0 Å². The summed E-state index contributed by atoms with van der Waals surface area (Å²) in [6.07, 6.45) is 5.53. The molecule has 1 rings (SSSR count). The molecular weight excluding hydrogens is 160 g/mol. The number of nitrogens with zero attached hydrogens (tertiary/aromatic N) is 1. The van der Waals surface area contributed by atoms with Gasteiger partial charge < -0.3 is 10.6 Å². The molecule has 13 heavy (non-hydrogen) atoms. The van der Waals surface area contributed by atoms with Crippen LogP contribution in [-0.4, -0.2) is 30.6 Å². The highest BCUT2D eigenvalue weighted by Gasteiger charge is 2.16. The fourth-order valence-corrected chi connectivity index (χ4v) is 2.22. The van der Waals surface area contributed by atoms with Gasteiger partial charge in [0.1, 0.15) is 0 Å². The second-order valence-corrected chi connectivity index (χ2v) is 4.51. The van der Waals surface area contributed by atoms with Crippen LogP contribution in [0, 0.1) is 5.92 Å². The van der Waals surface area contributed by atoms with Gasteiger partial charge in [-0.25, -0.2) is 0 Å². The molecule has 0 amide bonds. The third-order valence-electron chi connectivity index (χ3n) is 2.98. The van der Waals surface area contributed by atoms with E-state index in [1.807, 2.05) is 0 Å². The molecule has 1 aliphatic heterocycles. The van der Waals surface area contributed by atoms with E-state index in [4.69, 9.17) is 5.73 Å². The second kappa shape index (κ2) is 5.61. The molecule has 0 aromatic carbocycles. The Bertz CT molecular complexity index is 134. The number of nitrogens with two attached hydrogens (primary N) is 1. The number of rotatable bonds is 3. The summed E-state index contributed by atoms with van der Waals surface area (Å²) < 4.78 is 0. The Balaban J connectivity index is 2.35. The average molecular weight is 184 g/mol. The first-order valence-electron chi connectivity index (χ1n) is 5.70. The largest absolute Gasteiger partial charge is 0.327 e. The van der Waals surface area contributed by atoms with Gasteiger partial charge in [-0.1, -0.05) is 19.8 Å². The molecule has 0 saturated carbocycles. The van der Waals surface area contributed by atoms with Gasteiger partial charge in [-0.3, -0.25) is 0 Å². The topological polar surface area (TPSA) is 29.3 Å². The number of hydrogen-bond acceptors (Lipinski definition) is 2. The van der Waals surface area contributed by atoms with Crippen molar-refractivity contribution in [2.75, 3.05) is 19.6 Å². The van der Waals surface area contributed by atoms with Crippen LogP contribution >= 0.6 is 0 Å². The van der Waals surface area contributed by atoms with E-state index in [1.165, 1.54) is 38.8 Å². The zero-order chi connectivity index (χ0) is 9.68. The highest BCUT2D eigenvalue weighted by atomic mass is 15.1. The molecule has 0 aromatic heterocycles. The van der Waals surface area contributed by atoms with Crippen molar-refractivity contribution >= 4 is 0 Å². The Kier molecular flexibility index (Phi) is 4.74. The Hall–Kier alpha value is -0.0800.